The molecule has 31 heavy (non-hydrogen) atoms. The molecule has 1 aromatic heterocycles. The number of piperazine rings is 1. The van der Waals surface area contributed by atoms with Crippen molar-refractivity contribution in [3.05, 3.63) is 56.2 Å². The van der Waals surface area contributed by atoms with Gasteiger partial charge in [-0.15, -0.1) is 11.3 Å². The van der Waals surface area contributed by atoms with Crippen LogP contribution in [0.4, 0.5) is 0 Å². The fourth-order valence-electron chi connectivity index (χ4n) is 4.15. The Hall–Kier alpha value is -2.09. The Morgan fingerprint density at radius 3 is 2.32 bits per heavy atom. The maximum atomic E-state index is 13.1. The van der Waals surface area contributed by atoms with Gasteiger partial charge in [0, 0.05) is 39.3 Å². The van der Waals surface area contributed by atoms with E-state index in [1.54, 1.807) is 28.0 Å². The number of benzene rings is 1. The van der Waals surface area contributed by atoms with E-state index in [0.717, 1.165) is 12.8 Å². The molecule has 2 fully saturated rings. The maximum Gasteiger partial charge on any atom is 0.263 e. The van der Waals surface area contributed by atoms with E-state index in [0.29, 0.717) is 54.7 Å². The number of carbonyl (C=O) groups excluding carboxylic acids is 3. The van der Waals surface area contributed by atoms with Crippen LogP contribution >= 0.6 is 34.5 Å². The molecule has 1 unspecified atom stereocenters. The summed E-state index contributed by atoms with van der Waals surface area (Å²) in [6, 6.07) is 8.69. The highest BCUT2D eigenvalue weighted by Gasteiger charge is 2.34. The summed E-state index contributed by atoms with van der Waals surface area (Å²) in [6.07, 6.45) is 1.60. The van der Waals surface area contributed by atoms with Crippen molar-refractivity contribution in [2.24, 2.45) is 5.92 Å². The van der Waals surface area contributed by atoms with Crippen LogP contribution < -0.4 is 0 Å². The van der Waals surface area contributed by atoms with Crippen LogP contribution in [-0.4, -0.2) is 71.7 Å². The van der Waals surface area contributed by atoms with Crippen molar-refractivity contribution in [2.75, 3.05) is 39.3 Å². The summed E-state index contributed by atoms with van der Waals surface area (Å²) in [4.78, 5) is 44.6. The van der Waals surface area contributed by atoms with Crippen LogP contribution in [0.25, 0.3) is 0 Å². The summed E-state index contributed by atoms with van der Waals surface area (Å²) in [7, 11) is 0. The minimum Gasteiger partial charge on any atom is -0.339 e. The van der Waals surface area contributed by atoms with E-state index in [9.17, 15) is 14.4 Å². The summed E-state index contributed by atoms with van der Waals surface area (Å²) in [5, 5.41) is 2.49. The van der Waals surface area contributed by atoms with E-state index in [1.165, 1.54) is 11.3 Å². The first-order chi connectivity index (χ1) is 15.0. The standard InChI is InChI=1S/C22H23Cl2N3O3S/c23-17-6-1-5-16(19(17)24)21(29)26-11-9-25(10-12-26)20(28)15-4-2-8-27(14-15)22(30)18-7-3-13-31-18/h1,3,5-7,13,15H,2,4,8-12,14H2. The van der Waals surface area contributed by atoms with Gasteiger partial charge in [-0.1, -0.05) is 35.3 Å². The van der Waals surface area contributed by atoms with Crippen LogP contribution in [0.1, 0.15) is 32.9 Å². The molecule has 2 aromatic rings. The lowest BCUT2D eigenvalue weighted by molar-refractivity contribution is -0.138. The van der Waals surface area contributed by atoms with Crippen LogP contribution in [-0.2, 0) is 4.79 Å². The van der Waals surface area contributed by atoms with Gasteiger partial charge in [0.15, 0.2) is 0 Å². The Morgan fingerprint density at radius 1 is 0.871 bits per heavy atom. The first-order valence-corrected chi connectivity index (χ1v) is 11.9. The zero-order valence-corrected chi connectivity index (χ0v) is 19.3. The number of halogens is 2. The topological polar surface area (TPSA) is 60.9 Å². The molecule has 3 amide bonds. The molecule has 4 rings (SSSR count). The molecule has 2 saturated heterocycles. The van der Waals surface area contributed by atoms with Gasteiger partial charge in [0.25, 0.3) is 11.8 Å². The molecule has 1 atom stereocenters. The van der Waals surface area contributed by atoms with E-state index in [4.69, 9.17) is 23.2 Å². The van der Waals surface area contributed by atoms with Crippen LogP contribution in [0.5, 0.6) is 0 Å². The molecule has 0 saturated carbocycles. The van der Waals surface area contributed by atoms with Crippen LogP contribution in [0.3, 0.4) is 0 Å². The summed E-state index contributed by atoms with van der Waals surface area (Å²) in [5.41, 5.74) is 0.379. The highest BCUT2D eigenvalue weighted by Crippen LogP contribution is 2.27. The minimum atomic E-state index is -0.192. The molecule has 9 heteroatoms. The predicted octanol–water partition coefficient (Wildman–Crippen LogP) is 3.89. The highest BCUT2D eigenvalue weighted by molar-refractivity contribution is 7.12. The molecule has 164 valence electrons. The van der Waals surface area contributed by atoms with Crippen molar-refractivity contribution in [1.29, 1.82) is 0 Å². The van der Waals surface area contributed by atoms with Gasteiger partial charge in [-0.2, -0.15) is 0 Å². The third-order valence-corrected chi connectivity index (χ3v) is 7.53. The summed E-state index contributed by atoms with van der Waals surface area (Å²) in [6.45, 7) is 2.96. The van der Waals surface area contributed by atoms with Gasteiger partial charge in [0.2, 0.25) is 5.91 Å². The highest BCUT2D eigenvalue weighted by atomic mass is 35.5. The van der Waals surface area contributed by atoms with E-state index in [2.05, 4.69) is 0 Å². The lowest BCUT2D eigenvalue weighted by Gasteiger charge is -2.39. The molecule has 6 nitrogen and oxygen atoms in total. The number of rotatable bonds is 3. The zero-order chi connectivity index (χ0) is 22.0. The van der Waals surface area contributed by atoms with Gasteiger partial charge in [-0.25, -0.2) is 0 Å². The van der Waals surface area contributed by atoms with E-state index < -0.39 is 0 Å². The number of likely N-dealkylation sites (tertiary alicyclic amines) is 1. The van der Waals surface area contributed by atoms with Crippen molar-refractivity contribution in [3.8, 4) is 0 Å². The molecular formula is C22H23Cl2N3O3S. The first kappa shape index (κ1) is 22.1. The third-order valence-electron chi connectivity index (χ3n) is 5.85. The fraction of sp³-hybridized carbons (Fsp3) is 0.409. The average Bonchev–Trinajstić information content (AvgIpc) is 3.35. The number of nitrogens with zero attached hydrogens (tertiary/aromatic N) is 3. The first-order valence-electron chi connectivity index (χ1n) is 10.3. The van der Waals surface area contributed by atoms with Crippen molar-refractivity contribution in [2.45, 2.75) is 12.8 Å². The van der Waals surface area contributed by atoms with Crippen molar-refractivity contribution >= 4 is 52.3 Å². The molecule has 1 aromatic carbocycles. The van der Waals surface area contributed by atoms with Gasteiger partial charge in [-0.05, 0) is 36.4 Å². The van der Waals surface area contributed by atoms with Gasteiger partial charge < -0.3 is 14.7 Å². The summed E-state index contributed by atoms with van der Waals surface area (Å²) in [5.74, 6) is -0.301. The second kappa shape index (κ2) is 9.59. The maximum absolute atomic E-state index is 13.1. The molecule has 0 spiro atoms. The van der Waals surface area contributed by atoms with Crippen molar-refractivity contribution in [1.82, 2.24) is 14.7 Å². The van der Waals surface area contributed by atoms with Gasteiger partial charge >= 0.3 is 0 Å². The van der Waals surface area contributed by atoms with Crippen molar-refractivity contribution in [3.63, 3.8) is 0 Å². The normalized spacial score (nSPS) is 19.4. The van der Waals surface area contributed by atoms with Crippen molar-refractivity contribution < 1.29 is 14.4 Å². The second-order valence-electron chi connectivity index (χ2n) is 7.79. The number of hydrogen-bond donors (Lipinski definition) is 0. The molecule has 0 aliphatic carbocycles. The number of thiophene rings is 1. The average molecular weight is 480 g/mol. The number of carbonyl (C=O) groups is 3. The molecule has 2 aliphatic rings. The minimum absolute atomic E-state index is 0.00122. The van der Waals surface area contributed by atoms with E-state index in [1.807, 2.05) is 22.4 Å². The second-order valence-corrected chi connectivity index (χ2v) is 9.52. The molecule has 3 heterocycles. The van der Waals surface area contributed by atoms with Crippen LogP contribution in [0, 0.1) is 5.92 Å². The van der Waals surface area contributed by atoms with Gasteiger partial charge in [0.05, 0.1) is 26.4 Å². The molecule has 0 radical (unpaired) electrons. The number of piperidine rings is 1. The summed E-state index contributed by atoms with van der Waals surface area (Å²) >= 11 is 13.6. The Morgan fingerprint density at radius 2 is 1.61 bits per heavy atom. The zero-order valence-electron chi connectivity index (χ0n) is 16.9. The monoisotopic (exact) mass is 479 g/mol. The van der Waals surface area contributed by atoms with Crippen LogP contribution in [0.15, 0.2) is 35.7 Å². The predicted molar refractivity (Wildman–Crippen MR) is 122 cm³/mol. The lowest BCUT2D eigenvalue weighted by Crippen LogP contribution is -2.54. The van der Waals surface area contributed by atoms with E-state index >= 15 is 0 Å². The third kappa shape index (κ3) is 4.73. The Balaban J connectivity index is 1.34. The molecular weight excluding hydrogens is 457 g/mol. The quantitative estimate of drug-likeness (QED) is 0.670. The molecule has 2 aliphatic heterocycles. The fourth-order valence-corrected chi connectivity index (χ4v) is 5.22. The molecule has 0 N–H and O–H groups in total. The lowest BCUT2D eigenvalue weighted by atomic mass is 9.96. The largest absolute Gasteiger partial charge is 0.339 e. The summed E-state index contributed by atoms with van der Waals surface area (Å²) < 4.78 is 0. The number of hydrogen-bond acceptors (Lipinski definition) is 4. The Kier molecular flexibility index (Phi) is 6.84. The molecule has 0 bridgehead atoms. The Labute approximate surface area is 195 Å². The van der Waals surface area contributed by atoms with Gasteiger partial charge in [0.1, 0.15) is 0 Å². The van der Waals surface area contributed by atoms with Crippen LogP contribution in [0.2, 0.25) is 10.0 Å². The smallest absolute Gasteiger partial charge is 0.263 e. The van der Waals surface area contributed by atoms with E-state index in [-0.39, 0.29) is 28.7 Å². The Bertz CT molecular complexity index is 974. The number of amides is 3. The SMILES string of the molecule is O=C(c1cccs1)N1CCCC(C(=O)N2CCN(C(=O)c3cccc(Cl)c3Cl)CC2)C1. The van der Waals surface area contributed by atoms with Gasteiger partial charge in [-0.3, -0.25) is 14.4 Å².